The summed E-state index contributed by atoms with van der Waals surface area (Å²) < 4.78 is 5.90. The van der Waals surface area contributed by atoms with Gasteiger partial charge in [0.25, 0.3) is 0 Å². The van der Waals surface area contributed by atoms with E-state index in [1.54, 1.807) is 11.3 Å². The Balaban J connectivity index is 1.99. The molecule has 4 heteroatoms. The zero-order chi connectivity index (χ0) is 14.4. The summed E-state index contributed by atoms with van der Waals surface area (Å²) >= 11 is 1.62. The molecule has 20 heavy (non-hydrogen) atoms. The van der Waals surface area contributed by atoms with Crippen molar-refractivity contribution in [3.8, 4) is 5.75 Å². The van der Waals surface area contributed by atoms with Crippen LogP contribution in [0.15, 0.2) is 29.8 Å². The van der Waals surface area contributed by atoms with E-state index in [1.807, 2.05) is 11.6 Å². The number of nitrogens with zero attached hydrogens (tertiary/aromatic N) is 1. The van der Waals surface area contributed by atoms with E-state index in [0.29, 0.717) is 12.5 Å². The summed E-state index contributed by atoms with van der Waals surface area (Å²) in [7, 11) is 0. The third-order valence-electron chi connectivity index (χ3n) is 2.92. The number of nitrogens with one attached hydrogen (secondary N) is 1. The Morgan fingerprint density at radius 2 is 2.20 bits per heavy atom. The average Bonchev–Trinajstić information content (AvgIpc) is 2.90. The van der Waals surface area contributed by atoms with Crippen LogP contribution in [0.25, 0.3) is 0 Å². The molecule has 2 rings (SSSR count). The predicted molar refractivity (Wildman–Crippen MR) is 84.2 cm³/mol. The summed E-state index contributed by atoms with van der Waals surface area (Å²) in [4.78, 5) is 4.24. The molecular formula is C16H22N2OS. The van der Waals surface area contributed by atoms with E-state index in [-0.39, 0.29) is 0 Å². The molecule has 0 saturated carbocycles. The van der Waals surface area contributed by atoms with E-state index in [9.17, 15) is 0 Å². The molecule has 0 bridgehead atoms. The third-order valence-corrected chi connectivity index (χ3v) is 3.67. The Hall–Kier alpha value is -1.39. The average molecular weight is 290 g/mol. The molecule has 0 amide bonds. The minimum Gasteiger partial charge on any atom is -0.486 e. The predicted octanol–water partition coefficient (Wildman–Crippen LogP) is 3.78. The minimum absolute atomic E-state index is 0.540. The van der Waals surface area contributed by atoms with Crippen molar-refractivity contribution in [3.05, 3.63) is 45.9 Å². The molecule has 2 aromatic rings. The third kappa shape index (κ3) is 4.62. The zero-order valence-electron chi connectivity index (χ0n) is 12.3. The van der Waals surface area contributed by atoms with Gasteiger partial charge in [0.05, 0.1) is 0 Å². The van der Waals surface area contributed by atoms with Crippen molar-refractivity contribution in [1.29, 1.82) is 0 Å². The molecule has 108 valence electrons. The van der Waals surface area contributed by atoms with Gasteiger partial charge in [0, 0.05) is 23.7 Å². The highest BCUT2D eigenvalue weighted by atomic mass is 32.1. The van der Waals surface area contributed by atoms with Crippen molar-refractivity contribution in [3.63, 3.8) is 0 Å². The van der Waals surface area contributed by atoms with Gasteiger partial charge in [-0.2, -0.15) is 0 Å². The van der Waals surface area contributed by atoms with Crippen molar-refractivity contribution >= 4 is 11.3 Å². The quantitative estimate of drug-likeness (QED) is 0.842. The molecular weight excluding hydrogens is 268 g/mol. The van der Waals surface area contributed by atoms with Crippen LogP contribution >= 0.6 is 11.3 Å². The normalized spacial score (nSPS) is 11.0. The molecule has 1 heterocycles. The monoisotopic (exact) mass is 290 g/mol. The molecule has 3 nitrogen and oxygen atoms in total. The molecule has 1 aromatic heterocycles. The Bertz CT molecular complexity index is 523. The number of thiazole rings is 1. The number of benzene rings is 1. The van der Waals surface area contributed by atoms with Crippen LogP contribution in [-0.4, -0.2) is 11.5 Å². The van der Waals surface area contributed by atoms with E-state index in [1.165, 1.54) is 11.1 Å². The first-order chi connectivity index (χ1) is 9.65. The smallest absolute Gasteiger partial charge is 0.140 e. The van der Waals surface area contributed by atoms with Crippen LogP contribution in [0.1, 0.15) is 30.0 Å². The number of ether oxygens (including phenoxy) is 1. The Morgan fingerprint density at radius 3 is 2.90 bits per heavy atom. The highest BCUT2D eigenvalue weighted by Crippen LogP contribution is 2.21. The second kappa shape index (κ2) is 7.41. The van der Waals surface area contributed by atoms with Crippen molar-refractivity contribution in [2.45, 2.75) is 33.9 Å². The van der Waals surface area contributed by atoms with Crippen LogP contribution in [0, 0.1) is 12.8 Å². The van der Waals surface area contributed by atoms with Gasteiger partial charge in [0.1, 0.15) is 17.4 Å². The Kier molecular flexibility index (Phi) is 5.56. The maximum Gasteiger partial charge on any atom is 0.140 e. The fourth-order valence-corrected chi connectivity index (χ4v) is 2.47. The minimum atomic E-state index is 0.540. The van der Waals surface area contributed by atoms with Gasteiger partial charge in [-0.25, -0.2) is 4.98 Å². The fraction of sp³-hybridized carbons (Fsp3) is 0.438. The van der Waals surface area contributed by atoms with E-state index >= 15 is 0 Å². The van der Waals surface area contributed by atoms with Gasteiger partial charge in [-0.15, -0.1) is 11.3 Å². The van der Waals surface area contributed by atoms with E-state index in [2.05, 4.69) is 49.3 Å². The van der Waals surface area contributed by atoms with E-state index < -0.39 is 0 Å². The number of aryl methyl sites for hydroxylation is 1. The fourth-order valence-electron chi connectivity index (χ4n) is 1.95. The lowest BCUT2D eigenvalue weighted by Gasteiger charge is -2.13. The highest BCUT2D eigenvalue weighted by molar-refractivity contribution is 7.09. The number of hydrogen-bond acceptors (Lipinski definition) is 4. The molecule has 0 aliphatic rings. The summed E-state index contributed by atoms with van der Waals surface area (Å²) in [5.74, 6) is 1.60. The standard InChI is InChI=1S/C16H22N2OS/c1-12(2)9-17-10-14-8-13(3)4-5-15(14)19-11-16-18-6-7-20-16/h4-8,12,17H,9-11H2,1-3H3. The summed E-state index contributed by atoms with van der Waals surface area (Å²) in [5.41, 5.74) is 2.47. The van der Waals surface area contributed by atoms with Crippen LogP contribution in [0.4, 0.5) is 0 Å². The molecule has 0 unspecified atom stereocenters. The van der Waals surface area contributed by atoms with Gasteiger partial charge in [0.15, 0.2) is 0 Å². The lowest BCUT2D eigenvalue weighted by molar-refractivity contribution is 0.301. The second-order valence-corrected chi connectivity index (χ2v) is 6.33. The van der Waals surface area contributed by atoms with Crippen LogP contribution in [0.2, 0.25) is 0 Å². The number of hydrogen-bond donors (Lipinski definition) is 1. The SMILES string of the molecule is Cc1ccc(OCc2nccs2)c(CNCC(C)C)c1. The van der Waals surface area contributed by atoms with Crippen LogP contribution < -0.4 is 10.1 Å². The maximum absolute atomic E-state index is 5.90. The number of rotatable bonds is 7. The lowest BCUT2D eigenvalue weighted by Crippen LogP contribution is -2.19. The van der Waals surface area contributed by atoms with E-state index in [0.717, 1.165) is 23.8 Å². The first kappa shape index (κ1) is 15.0. The molecule has 0 aliphatic heterocycles. The molecule has 1 N–H and O–H groups in total. The maximum atomic E-state index is 5.90. The second-order valence-electron chi connectivity index (χ2n) is 5.35. The molecule has 0 spiro atoms. The Labute approximate surface area is 125 Å². The topological polar surface area (TPSA) is 34.1 Å². The molecule has 0 atom stereocenters. The van der Waals surface area contributed by atoms with Gasteiger partial charge in [0.2, 0.25) is 0 Å². The van der Waals surface area contributed by atoms with Crippen molar-refractivity contribution in [2.75, 3.05) is 6.54 Å². The van der Waals surface area contributed by atoms with Crippen LogP contribution in [0.3, 0.4) is 0 Å². The largest absolute Gasteiger partial charge is 0.486 e. The van der Waals surface area contributed by atoms with Crippen molar-refractivity contribution in [1.82, 2.24) is 10.3 Å². The first-order valence-corrected chi connectivity index (χ1v) is 7.84. The van der Waals surface area contributed by atoms with Crippen LogP contribution in [-0.2, 0) is 13.2 Å². The van der Waals surface area contributed by atoms with E-state index in [4.69, 9.17) is 4.74 Å². The first-order valence-electron chi connectivity index (χ1n) is 6.96. The lowest BCUT2D eigenvalue weighted by atomic mass is 10.1. The molecule has 0 aliphatic carbocycles. The summed E-state index contributed by atoms with van der Waals surface area (Å²) in [6, 6.07) is 6.32. The molecule has 1 aromatic carbocycles. The molecule has 0 fully saturated rings. The van der Waals surface area contributed by atoms with Gasteiger partial charge in [-0.05, 0) is 25.5 Å². The Morgan fingerprint density at radius 1 is 1.35 bits per heavy atom. The van der Waals surface area contributed by atoms with Crippen molar-refractivity contribution in [2.24, 2.45) is 5.92 Å². The van der Waals surface area contributed by atoms with Crippen LogP contribution in [0.5, 0.6) is 5.75 Å². The van der Waals surface area contributed by atoms with Gasteiger partial charge in [-0.1, -0.05) is 31.5 Å². The van der Waals surface area contributed by atoms with Gasteiger partial charge < -0.3 is 10.1 Å². The van der Waals surface area contributed by atoms with Crippen molar-refractivity contribution < 1.29 is 4.74 Å². The highest BCUT2D eigenvalue weighted by Gasteiger charge is 2.06. The molecule has 0 saturated heterocycles. The zero-order valence-corrected chi connectivity index (χ0v) is 13.2. The molecule has 0 radical (unpaired) electrons. The van der Waals surface area contributed by atoms with Gasteiger partial charge in [-0.3, -0.25) is 0 Å². The summed E-state index contributed by atoms with van der Waals surface area (Å²) in [6.07, 6.45) is 1.81. The number of aromatic nitrogens is 1. The summed E-state index contributed by atoms with van der Waals surface area (Å²) in [6.45, 7) is 8.92. The summed E-state index contributed by atoms with van der Waals surface area (Å²) in [5, 5.41) is 6.45. The van der Waals surface area contributed by atoms with Gasteiger partial charge >= 0.3 is 0 Å².